The van der Waals surface area contributed by atoms with Crippen LogP contribution in [0.4, 0.5) is 9.59 Å². The van der Waals surface area contributed by atoms with E-state index in [4.69, 9.17) is 24.9 Å². The van der Waals surface area contributed by atoms with Crippen molar-refractivity contribution in [3.63, 3.8) is 0 Å². The highest BCUT2D eigenvalue weighted by atomic mass is 35.7. The number of carbonyl (C=O) groups excluding carboxylic acids is 4. The highest BCUT2D eigenvalue weighted by Crippen LogP contribution is 2.21. The molecule has 0 saturated carbocycles. The van der Waals surface area contributed by atoms with Gasteiger partial charge in [0.05, 0.1) is 18.1 Å². The van der Waals surface area contributed by atoms with E-state index < -0.39 is 58.4 Å². The number of rotatable bonds is 10. The van der Waals surface area contributed by atoms with E-state index in [0.717, 1.165) is 5.56 Å². The Morgan fingerprint density at radius 1 is 1.22 bits per heavy atom. The highest BCUT2D eigenvalue weighted by molar-refractivity contribution is 8.12. The summed E-state index contributed by atoms with van der Waals surface area (Å²) in [5, 5.41) is 7.24. The molecule has 176 valence electrons. The van der Waals surface area contributed by atoms with E-state index >= 15 is 0 Å². The number of hydrogen-bond donors (Lipinski definition) is 4. The van der Waals surface area contributed by atoms with Crippen molar-refractivity contribution in [1.29, 1.82) is 0 Å². The van der Waals surface area contributed by atoms with Crippen molar-refractivity contribution in [3.8, 4) is 0 Å². The molecule has 3 amide bonds. The second-order valence-corrected chi connectivity index (χ2v) is 8.80. The van der Waals surface area contributed by atoms with Crippen LogP contribution < -0.4 is 20.7 Å². The first kappa shape index (κ1) is 25.2. The largest absolute Gasteiger partial charge is 0.510 e. The Labute approximate surface area is 187 Å². The molecule has 1 aromatic rings. The number of carbonyl (C=O) groups is 4. The number of halogens is 1. The maximum atomic E-state index is 12.1. The van der Waals surface area contributed by atoms with Gasteiger partial charge in [0.1, 0.15) is 13.2 Å². The zero-order valence-corrected chi connectivity index (χ0v) is 18.2. The minimum atomic E-state index is -4.35. The Balaban J connectivity index is 1.93. The van der Waals surface area contributed by atoms with Crippen molar-refractivity contribution in [2.24, 2.45) is 5.92 Å². The van der Waals surface area contributed by atoms with Crippen LogP contribution in [0, 0.1) is 5.92 Å². The molecule has 13 nitrogen and oxygen atoms in total. The molecule has 4 atom stereocenters. The molecule has 1 aliphatic heterocycles. The number of ether oxygens (including phenoxy) is 3. The smallest absolute Gasteiger partial charge is 0.445 e. The van der Waals surface area contributed by atoms with Crippen molar-refractivity contribution in [1.82, 2.24) is 20.7 Å². The standard InChI is InChI=1S/C17H21ClN4O9S/c1-10(19-9-23)31-17(26)30-8-12-13(15(24)22-32(18,27)28)20-14(12)21-16(25)29-7-11-5-3-2-4-6-11/h2-6,9-10,12-14,20H,7-8H2,1H3,(H,19,23)(H,21,25)(H,22,24). The van der Waals surface area contributed by atoms with E-state index in [1.54, 1.807) is 35.1 Å². The lowest BCUT2D eigenvalue weighted by Crippen LogP contribution is -2.73. The van der Waals surface area contributed by atoms with Crippen LogP contribution in [0.5, 0.6) is 0 Å². The molecule has 1 saturated heterocycles. The third kappa shape index (κ3) is 8.20. The van der Waals surface area contributed by atoms with E-state index in [9.17, 15) is 27.6 Å². The van der Waals surface area contributed by atoms with E-state index in [2.05, 4.69) is 16.0 Å². The first-order valence-electron chi connectivity index (χ1n) is 9.11. The van der Waals surface area contributed by atoms with Crippen molar-refractivity contribution in [2.45, 2.75) is 32.0 Å². The average Bonchev–Trinajstić information content (AvgIpc) is 2.68. The minimum Gasteiger partial charge on any atom is -0.445 e. The van der Waals surface area contributed by atoms with Crippen LogP contribution in [0.25, 0.3) is 0 Å². The van der Waals surface area contributed by atoms with Crippen LogP contribution in [-0.2, 0) is 39.6 Å². The fraction of sp³-hybridized carbons (Fsp3) is 0.412. The van der Waals surface area contributed by atoms with Gasteiger partial charge in [-0.25, -0.2) is 14.3 Å². The van der Waals surface area contributed by atoms with Crippen LogP contribution in [0.15, 0.2) is 30.3 Å². The normalized spacial score (nSPS) is 20.6. The fourth-order valence-electron chi connectivity index (χ4n) is 2.67. The Bertz CT molecular complexity index is 931. The highest BCUT2D eigenvalue weighted by Gasteiger charge is 2.47. The third-order valence-corrected chi connectivity index (χ3v) is 4.85. The van der Waals surface area contributed by atoms with E-state index in [1.807, 2.05) is 0 Å². The quantitative estimate of drug-likeness (QED) is 0.146. The van der Waals surface area contributed by atoms with Gasteiger partial charge in [0.2, 0.25) is 6.41 Å². The molecule has 0 bridgehead atoms. The molecular weight excluding hydrogens is 472 g/mol. The lowest BCUT2D eigenvalue weighted by Gasteiger charge is -2.44. The number of hydrogen-bond acceptors (Lipinski definition) is 10. The van der Waals surface area contributed by atoms with Crippen LogP contribution in [0.3, 0.4) is 0 Å². The van der Waals surface area contributed by atoms with Crippen LogP contribution in [0.1, 0.15) is 12.5 Å². The van der Waals surface area contributed by atoms with Crippen molar-refractivity contribution in [3.05, 3.63) is 35.9 Å². The van der Waals surface area contributed by atoms with Gasteiger partial charge in [-0.1, -0.05) is 30.3 Å². The summed E-state index contributed by atoms with van der Waals surface area (Å²) in [4.78, 5) is 46.2. The van der Waals surface area contributed by atoms with E-state index in [1.165, 1.54) is 6.92 Å². The SMILES string of the molecule is CC(NC=O)OC(=O)OCC1C(NC(=O)OCc2ccccc2)NC1C(=O)NS(=O)(=O)Cl. The Hall–Kier alpha value is -3.10. The Morgan fingerprint density at radius 2 is 1.91 bits per heavy atom. The van der Waals surface area contributed by atoms with Gasteiger partial charge in [-0.15, -0.1) is 0 Å². The molecule has 1 heterocycles. The van der Waals surface area contributed by atoms with Crippen molar-refractivity contribution < 1.29 is 41.8 Å². The van der Waals surface area contributed by atoms with Crippen LogP contribution in [-0.4, -0.2) is 58.0 Å². The van der Waals surface area contributed by atoms with Gasteiger partial charge < -0.3 is 24.8 Å². The summed E-state index contributed by atoms with van der Waals surface area (Å²) in [7, 11) is 0.663. The summed E-state index contributed by atoms with van der Waals surface area (Å²) < 4.78 is 38.5. The molecule has 0 spiro atoms. The Kier molecular flexibility index (Phi) is 9.04. The summed E-state index contributed by atoms with van der Waals surface area (Å²) >= 11 is 0. The van der Waals surface area contributed by atoms with Crippen molar-refractivity contribution in [2.75, 3.05) is 6.61 Å². The molecule has 32 heavy (non-hydrogen) atoms. The monoisotopic (exact) mass is 492 g/mol. The Morgan fingerprint density at radius 3 is 2.53 bits per heavy atom. The zero-order chi connectivity index (χ0) is 23.7. The maximum absolute atomic E-state index is 12.1. The second-order valence-electron chi connectivity index (χ2n) is 6.50. The average molecular weight is 493 g/mol. The molecule has 4 unspecified atom stereocenters. The minimum absolute atomic E-state index is 0.0110. The molecule has 0 aliphatic carbocycles. The van der Waals surface area contributed by atoms with Crippen LogP contribution >= 0.6 is 10.7 Å². The second kappa shape index (κ2) is 11.5. The summed E-state index contributed by atoms with van der Waals surface area (Å²) in [6, 6.07) is 7.70. The number of nitrogens with one attached hydrogen (secondary N) is 4. The van der Waals surface area contributed by atoms with Gasteiger partial charge in [0.15, 0.2) is 6.23 Å². The fourth-order valence-corrected chi connectivity index (χ4v) is 3.27. The van der Waals surface area contributed by atoms with Gasteiger partial charge in [-0.3, -0.25) is 14.9 Å². The summed E-state index contributed by atoms with van der Waals surface area (Å²) in [5.74, 6) is -1.91. The number of benzene rings is 1. The van der Waals surface area contributed by atoms with Gasteiger partial charge in [0.25, 0.3) is 5.91 Å². The predicted octanol–water partition coefficient (Wildman–Crippen LogP) is -0.328. The number of alkyl carbamates (subject to hydrolysis) is 1. The third-order valence-electron chi connectivity index (χ3n) is 4.18. The molecule has 0 aromatic heterocycles. The molecule has 4 N–H and O–H groups in total. The molecule has 1 fully saturated rings. The molecule has 1 aliphatic rings. The molecular formula is C17H21ClN4O9S. The molecule has 1 aromatic carbocycles. The summed E-state index contributed by atoms with van der Waals surface area (Å²) in [6.07, 6.45) is -3.53. The lowest BCUT2D eigenvalue weighted by molar-refractivity contribution is -0.129. The molecule has 0 radical (unpaired) electrons. The number of amides is 3. The zero-order valence-electron chi connectivity index (χ0n) is 16.6. The molecule has 15 heteroatoms. The summed E-state index contributed by atoms with van der Waals surface area (Å²) in [5.41, 5.74) is 0.745. The van der Waals surface area contributed by atoms with E-state index in [0.29, 0.717) is 6.41 Å². The summed E-state index contributed by atoms with van der Waals surface area (Å²) in [6.45, 7) is 0.919. The predicted molar refractivity (Wildman–Crippen MR) is 108 cm³/mol. The van der Waals surface area contributed by atoms with E-state index in [-0.39, 0.29) is 6.61 Å². The van der Waals surface area contributed by atoms with Gasteiger partial charge in [0, 0.05) is 10.7 Å². The van der Waals surface area contributed by atoms with Crippen molar-refractivity contribution >= 4 is 44.5 Å². The maximum Gasteiger partial charge on any atom is 0.510 e. The topological polar surface area (TPSA) is 178 Å². The first-order valence-corrected chi connectivity index (χ1v) is 11.4. The van der Waals surface area contributed by atoms with Crippen LogP contribution in [0.2, 0.25) is 0 Å². The van der Waals surface area contributed by atoms with Gasteiger partial charge >= 0.3 is 21.5 Å². The first-order chi connectivity index (χ1) is 15.1. The van der Waals surface area contributed by atoms with Gasteiger partial charge in [-0.2, -0.15) is 8.42 Å². The lowest BCUT2D eigenvalue weighted by atomic mass is 9.87. The molecule has 2 rings (SSSR count). The van der Waals surface area contributed by atoms with Gasteiger partial charge in [-0.05, 0) is 12.5 Å².